The maximum absolute atomic E-state index is 12.7. The fraction of sp³-hybridized carbons (Fsp3) is 0.125. The largest absolute Gasteiger partial charge is 0.494 e. The van der Waals surface area contributed by atoms with E-state index in [1.54, 1.807) is 35.9 Å². The second-order valence-corrected chi connectivity index (χ2v) is 7.92. The van der Waals surface area contributed by atoms with Crippen LogP contribution >= 0.6 is 11.3 Å². The minimum absolute atomic E-state index is 0.111. The van der Waals surface area contributed by atoms with Crippen LogP contribution in [0.4, 0.5) is 0 Å². The van der Waals surface area contributed by atoms with Gasteiger partial charge in [0, 0.05) is 34.7 Å². The first-order valence-electron chi connectivity index (χ1n) is 9.69. The van der Waals surface area contributed by atoms with Crippen LogP contribution in [0.1, 0.15) is 12.0 Å². The van der Waals surface area contributed by atoms with Crippen LogP contribution < -0.4 is 10.2 Å². The van der Waals surface area contributed by atoms with Crippen molar-refractivity contribution in [2.24, 2.45) is 0 Å². The molecule has 0 atom stereocenters. The zero-order valence-corrected chi connectivity index (χ0v) is 16.9. The van der Waals surface area contributed by atoms with E-state index in [1.807, 2.05) is 35.8 Å². The summed E-state index contributed by atoms with van der Waals surface area (Å²) in [7, 11) is 0. The van der Waals surface area contributed by atoms with Gasteiger partial charge < -0.3 is 9.15 Å². The molecule has 0 bridgehead atoms. The minimum Gasteiger partial charge on any atom is -0.494 e. The van der Waals surface area contributed by atoms with Crippen LogP contribution in [0.5, 0.6) is 5.75 Å². The average molecular weight is 414 g/mol. The Balaban J connectivity index is 1.34. The molecule has 0 saturated heterocycles. The molecule has 4 aromatic heterocycles. The monoisotopic (exact) mass is 414 g/mol. The number of fused-ring (bicyclic) bond motifs is 2. The molecule has 0 radical (unpaired) electrons. The van der Waals surface area contributed by atoms with E-state index in [0.717, 1.165) is 22.9 Å². The van der Waals surface area contributed by atoms with Crippen molar-refractivity contribution in [2.75, 3.05) is 6.61 Å². The molecule has 5 rings (SSSR count). The van der Waals surface area contributed by atoms with Crippen molar-refractivity contribution in [3.8, 4) is 17.2 Å². The van der Waals surface area contributed by atoms with Crippen molar-refractivity contribution in [3.63, 3.8) is 0 Å². The van der Waals surface area contributed by atoms with E-state index in [1.165, 1.54) is 11.6 Å². The van der Waals surface area contributed by atoms with Gasteiger partial charge in [-0.1, -0.05) is 6.07 Å². The summed E-state index contributed by atoms with van der Waals surface area (Å²) in [4.78, 5) is 21.3. The van der Waals surface area contributed by atoms with Gasteiger partial charge in [-0.25, -0.2) is 0 Å². The summed E-state index contributed by atoms with van der Waals surface area (Å²) in [6, 6.07) is 14.8. The normalized spacial score (nSPS) is 11.2. The Morgan fingerprint density at radius 2 is 2.03 bits per heavy atom. The molecular weight excluding hydrogens is 396 g/mol. The van der Waals surface area contributed by atoms with E-state index < -0.39 is 0 Å². The lowest BCUT2D eigenvalue weighted by Crippen LogP contribution is -2.03. The second-order valence-electron chi connectivity index (χ2n) is 6.97. The van der Waals surface area contributed by atoms with E-state index in [4.69, 9.17) is 9.15 Å². The highest BCUT2D eigenvalue weighted by molar-refractivity contribution is 7.17. The highest BCUT2D eigenvalue weighted by atomic mass is 32.1. The number of benzene rings is 1. The van der Waals surface area contributed by atoms with Gasteiger partial charge in [-0.05, 0) is 60.2 Å². The summed E-state index contributed by atoms with van der Waals surface area (Å²) in [5.74, 6) is 1.12. The highest BCUT2D eigenvalue weighted by Gasteiger charge is 2.10. The Morgan fingerprint density at radius 1 is 1.07 bits per heavy atom. The number of aryl methyl sites for hydroxylation is 1. The van der Waals surface area contributed by atoms with Crippen LogP contribution in [0.25, 0.3) is 32.5 Å². The molecule has 0 aliphatic heterocycles. The number of hydrogen-bond acceptors (Lipinski definition) is 6. The molecule has 5 nitrogen and oxygen atoms in total. The first-order valence-corrected chi connectivity index (χ1v) is 10.6. The third-order valence-electron chi connectivity index (χ3n) is 4.89. The maximum Gasteiger partial charge on any atom is 0.193 e. The Labute approximate surface area is 176 Å². The van der Waals surface area contributed by atoms with E-state index in [9.17, 15) is 4.79 Å². The smallest absolute Gasteiger partial charge is 0.193 e. The Hall–Kier alpha value is -3.51. The molecule has 0 amide bonds. The number of ether oxygens (including phenoxy) is 1. The molecule has 148 valence electrons. The molecule has 0 fully saturated rings. The summed E-state index contributed by atoms with van der Waals surface area (Å²) >= 11 is 1.63. The fourth-order valence-corrected chi connectivity index (χ4v) is 4.15. The highest BCUT2D eigenvalue weighted by Crippen LogP contribution is 2.27. The SMILES string of the molecule is O=c1cc(-c2cc3sccc3cn2)oc2ccc(OCCCc3cccnc3)cc12. The van der Waals surface area contributed by atoms with Crippen LogP contribution in [0.3, 0.4) is 0 Å². The third-order valence-corrected chi connectivity index (χ3v) is 5.77. The van der Waals surface area contributed by atoms with Crippen molar-refractivity contribution >= 4 is 32.4 Å². The van der Waals surface area contributed by atoms with Crippen molar-refractivity contribution in [1.82, 2.24) is 9.97 Å². The third kappa shape index (κ3) is 3.82. The number of rotatable bonds is 6. The summed E-state index contributed by atoms with van der Waals surface area (Å²) in [5, 5.41) is 3.60. The molecule has 4 heterocycles. The molecule has 0 spiro atoms. The second kappa shape index (κ2) is 8.08. The van der Waals surface area contributed by atoms with Gasteiger partial charge in [-0.3, -0.25) is 14.8 Å². The molecule has 1 aromatic carbocycles. The van der Waals surface area contributed by atoms with Gasteiger partial charge >= 0.3 is 0 Å². The summed E-state index contributed by atoms with van der Waals surface area (Å²) in [6.07, 6.45) is 7.20. The van der Waals surface area contributed by atoms with Gasteiger partial charge in [0.25, 0.3) is 0 Å². The predicted molar refractivity (Wildman–Crippen MR) is 119 cm³/mol. The zero-order chi connectivity index (χ0) is 20.3. The van der Waals surface area contributed by atoms with Crippen molar-refractivity contribution in [2.45, 2.75) is 12.8 Å². The maximum atomic E-state index is 12.7. The number of hydrogen-bond donors (Lipinski definition) is 0. The number of aromatic nitrogens is 2. The molecule has 0 N–H and O–H groups in total. The summed E-state index contributed by atoms with van der Waals surface area (Å²) in [5.41, 5.74) is 2.25. The topological polar surface area (TPSA) is 65.2 Å². The number of thiophene rings is 1. The molecule has 0 aliphatic carbocycles. The van der Waals surface area contributed by atoms with Crippen LogP contribution in [-0.4, -0.2) is 16.6 Å². The van der Waals surface area contributed by atoms with Gasteiger partial charge in [-0.15, -0.1) is 11.3 Å². The quantitative estimate of drug-likeness (QED) is 0.344. The lowest BCUT2D eigenvalue weighted by atomic mass is 10.1. The van der Waals surface area contributed by atoms with E-state index in [0.29, 0.717) is 34.8 Å². The first kappa shape index (κ1) is 18.5. The molecule has 0 unspecified atom stereocenters. The minimum atomic E-state index is -0.111. The number of nitrogens with zero attached hydrogens (tertiary/aromatic N) is 2. The zero-order valence-electron chi connectivity index (χ0n) is 16.1. The van der Waals surface area contributed by atoms with Crippen LogP contribution in [-0.2, 0) is 6.42 Å². The number of pyridine rings is 2. The Bertz CT molecular complexity index is 1380. The standard InChI is InChI=1S/C24H18N2O3S/c27-21-13-23(20-12-24-17(15-26-20)7-10-30-24)29-22-6-5-18(11-19(21)22)28-9-2-4-16-3-1-8-25-14-16/h1,3,5-8,10-15H,2,4,9H2. The van der Waals surface area contributed by atoms with Crippen LogP contribution in [0.2, 0.25) is 0 Å². The van der Waals surface area contributed by atoms with Crippen LogP contribution in [0, 0.1) is 0 Å². The van der Waals surface area contributed by atoms with Gasteiger partial charge in [-0.2, -0.15) is 0 Å². The Morgan fingerprint density at radius 3 is 2.93 bits per heavy atom. The summed E-state index contributed by atoms with van der Waals surface area (Å²) in [6.45, 7) is 0.564. The van der Waals surface area contributed by atoms with Gasteiger partial charge in [0.05, 0.1) is 12.0 Å². The van der Waals surface area contributed by atoms with E-state index in [-0.39, 0.29) is 5.43 Å². The lowest BCUT2D eigenvalue weighted by Gasteiger charge is -2.08. The molecule has 30 heavy (non-hydrogen) atoms. The van der Waals surface area contributed by atoms with Crippen molar-refractivity contribution in [3.05, 3.63) is 88.3 Å². The van der Waals surface area contributed by atoms with E-state index in [2.05, 4.69) is 16.0 Å². The van der Waals surface area contributed by atoms with Crippen molar-refractivity contribution in [1.29, 1.82) is 0 Å². The molecule has 0 aliphatic rings. The van der Waals surface area contributed by atoms with Crippen LogP contribution in [0.15, 0.2) is 81.7 Å². The Kier molecular flexibility index (Phi) is 4.99. The summed E-state index contributed by atoms with van der Waals surface area (Å²) < 4.78 is 12.9. The molecule has 0 saturated carbocycles. The average Bonchev–Trinajstić information content (AvgIpc) is 3.25. The van der Waals surface area contributed by atoms with E-state index >= 15 is 0 Å². The first-order chi connectivity index (χ1) is 14.8. The van der Waals surface area contributed by atoms with Crippen molar-refractivity contribution < 1.29 is 9.15 Å². The fourth-order valence-electron chi connectivity index (χ4n) is 3.35. The lowest BCUT2D eigenvalue weighted by molar-refractivity contribution is 0.311. The molecule has 5 aromatic rings. The predicted octanol–water partition coefficient (Wildman–Crippen LogP) is 5.48. The van der Waals surface area contributed by atoms with Gasteiger partial charge in [0.1, 0.15) is 17.0 Å². The molecule has 6 heteroatoms. The molecular formula is C24H18N2O3S. The van der Waals surface area contributed by atoms with Gasteiger partial charge in [0.2, 0.25) is 0 Å². The van der Waals surface area contributed by atoms with Gasteiger partial charge in [0.15, 0.2) is 11.2 Å².